The summed E-state index contributed by atoms with van der Waals surface area (Å²) in [7, 11) is 0. The summed E-state index contributed by atoms with van der Waals surface area (Å²) in [6.45, 7) is 0. The van der Waals surface area contributed by atoms with Crippen LogP contribution in [0.2, 0.25) is 0 Å². The Morgan fingerprint density at radius 3 is 3.08 bits per heavy atom. The van der Waals surface area contributed by atoms with Crippen molar-refractivity contribution in [1.82, 2.24) is 10.1 Å². The smallest absolute Gasteiger partial charge is 0.325 e. The molecule has 12 heavy (non-hydrogen) atoms. The number of aromatic nitrogens is 2. The van der Waals surface area contributed by atoms with Crippen LogP contribution < -0.4 is 11.0 Å². The minimum Gasteiger partial charge on any atom is -0.378 e. The van der Waals surface area contributed by atoms with Crippen molar-refractivity contribution in [2.75, 3.05) is 0 Å². The van der Waals surface area contributed by atoms with E-state index in [0.717, 1.165) is 0 Å². The van der Waals surface area contributed by atoms with Crippen molar-refractivity contribution in [3.8, 4) is 0 Å². The van der Waals surface area contributed by atoms with E-state index < -0.39 is 11.0 Å². The van der Waals surface area contributed by atoms with Gasteiger partial charge in [-0.2, -0.15) is 5.16 Å². The molecule has 0 atom stereocenters. The molecule has 2 rings (SSSR count). The van der Waals surface area contributed by atoms with E-state index in [0.29, 0.717) is 5.58 Å². The maximum Gasteiger partial charge on any atom is 0.325 e. The zero-order valence-electron chi connectivity index (χ0n) is 5.90. The summed E-state index contributed by atoms with van der Waals surface area (Å²) in [4.78, 5) is 25.5. The average Bonchev–Trinajstić information content (AvgIpc) is 2.12. The number of pyridine rings is 1. The highest BCUT2D eigenvalue weighted by molar-refractivity contribution is 5.73. The SMILES string of the molecule is O=c1[nH]oc2ccncc2c1=O. The molecule has 0 saturated carbocycles. The highest BCUT2D eigenvalue weighted by atomic mass is 16.5. The number of rotatable bonds is 0. The normalized spacial score (nSPS) is 10.3. The van der Waals surface area contributed by atoms with Gasteiger partial charge in [0, 0.05) is 18.5 Å². The van der Waals surface area contributed by atoms with Crippen LogP contribution in [0.15, 0.2) is 32.6 Å². The van der Waals surface area contributed by atoms with Crippen LogP contribution in [0.1, 0.15) is 0 Å². The van der Waals surface area contributed by atoms with Gasteiger partial charge in [-0.3, -0.25) is 14.6 Å². The molecule has 0 saturated heterocycles. The van der Waals surface area contributed by atoms with E-state index in [2.05, 4.69) is 4.98 Å². The third-order valence-electron chi connectivity index (χ3n) is 1.49. The Balaban J connectivity index is 3.11. The first-order valence-corrected chi connectivity index (χ1v) is 3.24. The summed E-state index contributed by atoms with van der Waals surface area (Å²) in [6.07, 6.45) is 2.78. The lowest BCUT2D eigenvalue weighted by Gasteiger charge is -1.90. The van der Waals surface area contributed by atoms with Crippen LogP contribution >= 0.6 is 0 Å². The first-order valence-electron chi connectivity index (χ1n) is 3.24. The number of hydrogen-bond acceptors (Lipinski definition) is 4. The second-order valence-corrected chi connectivity index (χ2v) is 2.23. The zero-order valence-corrected chi connectivity index (χ0v) is 5.90. The minimum absolute atomic E-state index is 0.196. The highest BCUT2D eigenvalue weighted by Crippen LogP contribution is 2.01. The fourth-order valence-corrected chi connectivity index (χ4v) is 0.911. The Labute approximate surface area is 65.6 Å². The molecule has 0 radical (unpaired) electrons. The van der Waals surface area contributed by atoms with E-state index in [4.69, 9.17) is 4.52 Å². The number of H-pyrrole nitrogens is 1. The van der Waals surface area contributed by atoms with Crippen LogP contribution in [0.4, 0.5) is 0 Å². The first-order chi connectivity index (χ1) is 5.79. The summed E-state index contributed by atoms with van der Waals surface area (Å²) < 4.78 is 4.75. The molecule has 60 valence electrons. The summed E-state index contributed by atoms with van der Waals surface area (Å²) in [6, 6.07) is 1.51. The second kappa shape index (κ2) is 2.30. The molecule has 0 aliphatic rings. The van der Waals surface area contributed by atoms with Gasteiger partial charge in [0.25, 0.3) is 5.43 Å². The van der Waals surface area contributed by atoms with E-state index in [1.54, 1.807) is 0 Å². The van der Waals surface area contributed by atoms with E-state index >= 15 is 0 Å². The molecule has 0 fully saturated rings. The average molecular weight is 164 g/mol. The van der Waals surface area contributed by atoms with Crippen molar-refractivity contribution in [1.29, 1.82) is 0 Å². The Morgan fingerprint density at radius 2 is 2.25 bits per heavy atom. The second-order valence-electron chi connectivity index (χ2n) is 2.23. The van der Waals surface area contributed by atoms with E-state index in [-0.39, 0.29) is 5.39 Å². The van der Waals surface area contributed by atoms with Crippen LogP contribution in [-0.2, 0) is 0 Å². The third kappa shape index (κ3) is 0.833. The molecule has 1 N–H and O–H groups in total. The van der Waals surface area contributed by atoms with Gasteiger partial charge in [0.05, 0.1) is 5.39 Å². The molecule has 5 heteroatoms. The molecule has 2 heterocycles. The molecule has 0 aromatic carbocycles. The lowest BCUT2D eigenvalue weighted by molar-refractivity contribution is 0.430. The molecule has 2 aromatic heterocycles. The molecule has 0 aliphatic carbocycles. The van der Waals surface area contributed by atoms with Gasteiger partial charge in [-0.05, 0) is 0 Å². The van der Waals surface area contributed by atoms with Gasteiger partial charge in [-0.25, -0.2) is 0 Å². The molecule has 0 aliphatic heterocycles. The molecule has 0 unspecified atom stereocenters. The Bertz CT molecular complexity index is 526. The van der Waals surface area contributed by atoms with Gasteiger partial charge in [-0.1, -0.05) is 0 Å². The van der Waals surface area contributed by atoms with Crippen molar-refractivity contribution in [3.05, 3.63) is 39.0 Å². The van der Waals surface area contributed by atoms with Gasteiger partial charge in [0.2, 0.25) is 0 Å². The summed E-state index contributed by atoms with van der Waals surface area (Å²) >= 11 is 0. The number of nitrogens with one attached hydrogen (secondary N) is 1. The van der Waals surface area contributed by atoms with Crippen LogP contribution in [0, 0.1) is 0 Å². The first kappa shape index (κ1) is 6.78. The summed E-state index contributed by atoms with van der Waals surface area (Å²) in [5, 5.41) is 2.17. The van der Waals surface area contributed by atoms with Crippen molar-refractivity contribution in [2.24, 2.45) is 0 Å². The van der Waals surface area contributed by atoms with Gasteiger partial charge < -0.3 is 4.52 Å². The quantitative estimate of drug-likeness (QED) is 0.550. The van der Waals surface area contributed by atoms with Crippen LogP contribution in [0.5, 0.6) is 0 Å². The predicted molar refractivity (Wildman–Crippen MR) is 40.9 cm³/mol. The van der Waals surface area contributed by atoms with Crippen molar-refractivity contribution in [3.63, 3.8) is 0 Å². The predicted octanol–water partition coefficient (Wildman–Crippen LogP) is -0.124. The summed E-state index contributed by atoms with van der Waals surface area (Å²) in [5.74, 6) is 0. The molecular weight excluding hydrogens is 160 g/mol. The monoisotopic (exact) mass is 164 g/mol. The molecule has 5 nitrogen and oxygen atoms in total. The number of fused-ring (bicyclic) bond motifs is 1. The van der Waals surface area contributed by atoms with Crippen molar-refractivity contribution >= 4 is 11.0 Å². The highest BCUT2D eigenvalue weighted by Gasteiger charge is 2.02. The standard InChI is InChI=1S/C7H4N2O3/c10-6-4-3-8-2-1-5(4)12-9-7(6)11/h1-3H,(H,9,11). The molecule has 0 amide bonds. The topological polar surface area (TPSA) is 76.0 Å². The zero-order chi connectivity index (χ0) is 8.55. The van der Waals surface area contributed by atoms with E-state index in [1.807, 2.05) is 5.16 Å². The Kier molecular flexibility index (Phi) is 1.30. The maximum absolute atomic E-state index is 11.1. The van der Waals surface area contributed by atoms with Gasteiger partial charge >= 0.3 is 5.56 Å². The van der Waals surface area contributed by atoms with E-state index in [9.17, 15) is 9.59 Å². The largest absolute Gasteiger partial charge is 0.378 e. The number of hydrogen-bond donors (Lipinski definition) is 1. The Morgan fingerprint density at radius 1 is 1.42 bits per heavy atom. The number of nitrogens with zero attached hydrogens (tertiary/aromatic N) is 1. The summed E-state index contributed by atoms with van der Waals surface area (Å²) in [5.41, 5.74) is -1.06. The third-order valence-corrected chi connectivity index (χ3v) is 1.49. The number of aromatic amines is 1. The fraction of sp³-hybridized carbons (Fsp3) is 0. The molecular formula is C7H4N2O3. The van der Waals surface area contributed by atoms with Crippen LogP contribution in [0.3, 0.4) is 0 Å². The molecule has 0 bridgehead atoms. The van der Waals surface area contributed by atoms with Crippen molar-refractivity contribution < 1.29 is 4.52 Å². The van der Waals surface area contributed by atoms with Crippen LogP contribution in [-0.4, -0.2) is 10.1 Å². The van der Waals surface area contributed by atoms with Gasteiger partial charge in [0.1, 0.15) is 0 Å². The van der Waals surface area contributed by atoms with Gasteiger partial charge in [0.15, 0.2) is 5.58 Å². The fourth-order valence-electron chi connectivity index (χ4n) is 0.911. The lowest BCUT2D eigenvalue weighted by atomic mass is 10.3. The van der Waals surface area contributed by atoms with Gasteiger partial charge in [-0.15, -0.1) is 0 Å². The maximum atomic E-state index is 11.1. The lowest BCUT2D eigenvalue weighted by Crippen LogP contribution is -2.25. The van der Waals surface area contributed by atoms with Crippen LogP contribution in [0.25, 0.3) is 11.0 Å². The molecule has 2 aromatic rings. The van der Waals surface area contributed by atoms with Crippen molar-refractivity contribution in [2.45, 2.75) is 0 Å². The minimum atomic E-state index is -0.768. The van der Waals surface area contributed by atoms with E-state index in [1.165, 1.54) is 18.5 Å². The molecule has 0 spiro atoms. The Hall–Kier alpha value is -1.91.